The molecule has 0 bridgehead atoms. The average Bonchev–Trinajstić information content (AvgIpc) is 3.13. The van der Waals surface area contributed by atoms with Gasteiger partial charge in [-0.05, 0) is 55.2 Å². The molecular weight excluding hydrogens is 376 g/mol. The van der Waals surface area contributed by atoms with Crippen molar-refractivity contribution in [1.82, 2.24) is 9.47 Å². The van der Waals surface area contributed by atoms with Crippen LogP contribution in [0.2, 0.25) is 5.02 Å². The van der Waals surface area contributed by atoms with Crippen LogP contribution >= 0.6 is 11.6 Å². The number of nitrogens with zero attached hydrogens (tertiary/aromatic N) is 2. The van der Waals surface area contributed by atoms with E-state index in [1.807, 2.05) is 47.0 Å². The molecule has 1 atom stereocenters. The van der Waals surface area contributed by atoms with Crippen molar-refractivity contribution in [3.63, 3.8) is 0 Å². The van der Waals surface area contributed by atoms with Crippen LogP contribution in [0.4, 0.5) is 0 Å². The molecule has 0 radical (unpaired) electrons. The topological polar surface area (TPSA) is 51.5 Å². The molecule has 1 unspecified atom stereocenters. The molecule has 1 aromatic heterocycles. The average molecular weight is 401 g/mol. The number of carbonyl (C=O) groups is 2. The van der Waals surface area contributed by atoms with Crippen molar-refractivity contribution in [2.24, 2.45) is 7.05 Å². The van der Waals surface area contributed by atoms with Crippen LogP contribution in [0.5, 0.6) is 0 Å². The molecule has 0 saturated carbocycles. The molecule has 1 saturated heterocycles. The lowest BCUT2D eigenvalue weighted by atomic mass is 9.99. The van der Waals surface area contributed by atoms with Gasteiger partial charge in [-0.1, -0.05) is 23.7 Å². The van der Waals surface area contributed by atoms with Crippen LogP contribution < -0.4 is 0 Å². The van der Waals surface area contributed by atoms with Crippen LogP contribution in [0.3, 0.4) is 0 Å². The fraction of sp³-hybridized carbons (Fsp3) is 0.364. The summed E-state index contributed by atoms with van der Waals surface area (Å²) in [5, 5.41) is 0.654. The van der Waals surface area contributed by atoms with Crippen LogP contribution in [0.15, 0.2) is 48.7 Å². The highest BCUT2D eigenvalue weighted by Gasteiger charge is 2.28. The number of piperidine rings is 1. The molecule has 5 nitrogen and oxygen atoms in total. The molecule has 0 spiro atoms. The summed E-state index contributed by atoms with van der Waals surface area (Å²) in [5.74, 6) is -0.336. The van der Waals surface area contributed by atoms with Gasteiger partial charge in [0, 0.05) is 43.4 Å². The minimum atomic E-state index is -0.383. The first-order valence-corrected chi connectivity index (χ1v) is 9.95. The number of halogens is 1. The number of carbonyl (C=O) groups excluding carboxylic acids is 2. The normalized spacial score (nSPS) is 17.1. The van der Waals surface area contributed by atoms with Gasteiger partial charge in [0.1, 0.15) is 5.69 Å². The quantitative estimate of drug-likeness (QED) is 0.536. The molecule has 2 heterocycles. The Morgan fingerprint density at radius 1 is 1.21 bits per heavy atom. The van der Waals surface area contributed by atoms with Gasteiger partial charge in [-0.2, -0.15) is 0 Å². The number of benzene rings is 1. The highest BCUT2D eigenvalue weighted by Crippen LogP contribution is 2.22. The highest BCUT2D eigenvalue weighted by atomic mass is 35.5. The lowest BCUT2D eigenvalue weighted by Crippen LogP contribution is -2.44. The third-order valence-electron chi connectivity index (χ3n) is 5.03. The van der Waals surface area contributed by atoms with E-state index in [1.54, 1.807) is 18.2 Å². The van der Waals surface area contributed by atoms with Gasteiger partial charge < -0.3 is 14.2 Å². The standard InChI is InChI=1S/C22H25ClN2O3/c1-24-14-4-6-20(24)22(27)25-15-3-2-5-19(25)13-16-28-21(26)12-9-17-7-10-18(23)11-8-17/h4,6-12,14,19H,2-3,5,13,15-16H2,1H3/b12-9+. The van der Waals surface area contributed by atoms with Crippen molar-refractivity contribution in [1.29, 1.82) is 0 Å². The minimum absolute atomic E-state index is 0.0474. The summed E-state index contributed by atoms with van der Waals surface area (Å²) in [7, 11) is 1.88. The van der Waals surface area contributed by atoms with E-state index >= 15 is 0 Å². The van der Waals surface area contributed by atoms with Gasteiger partial charge >= 0.3 is 5.97 Å². The maximum atomic E-state index is 12.8. The van der Waals surface area contributed by atoms with Crippen LogP contribution in [-0.4, -0.2) is 40.5 Å². The first kappa shape index (κ1) is 20.2. The van der Waals surface area contributed by atoms with Gasteiger partial charge in [-0.15, -0.1) is 0 Å². The van der Waals surface area contributed by atoms with Crippen LogP contribution in [-0.2, 0) is 16.6 Å². The Balaban J connectivity index is 1.50. The van der Waals surface area contributed by atoms with Gasteiger partial charge in [0.05, 0.1) is 6.61 Å². The molecule has 0 N–H and O–H groups in total. The number of aryl methyl sites for hydroxylation is 1. The Bertz CT molecular complexity index is 842. The number of amides is 1. The third kappa shape index (κ3) is 5.26. The molecule has 1 amide bonds. The zero-order chi connectivity index (χ0) is 19.9. The van der Waals surface area contributed by atoms with E-state index in [9.17, 15) is 9.59 Å². The molecule has 1 aliphatic heterocycles. The van der Waals surface area contributed by atoms with E-state index in [1.165, 1.54) is 6.08 Å². The number of hydrogen-bond acceptors (Lipinski definition) is 3. The van der Waals surface area contributed by atoms with E-state index in [4.69, 9.17) is 16.3 Å². The van der Waals surface area contributed by atoms with Crippen molar-refractivity contribution in [3.8, 4) is 0 Å². The second-order valence-corrected chi connectivity index (χ2v) is 7.43. The van der Waals surface area contributed by atoms with Gasteiger partial charge in [0.15, 0.2) is 0 Å². The van der Waals surface area contributed by atoms with Crippen molar-refractivity contribution in [2.75, 3.05) is 13.2 Å². The molecule has 6 heteroatoms. The van der Waals surface area contributed by atoms with Crippen molar-refractivity contribution in [2.45, 2.75) is 31.7 Å². The minimum Gasteiger partial charge on any atom is -0.462 e. The van der Waals surface area contributed by atoms with Crippen LogP contribution in [0, 0.1) is 0 Å². The zero-order valence-corrected chi connectivity index (χ0v) is 16.8. The van der Waals surface area contributed by atoms with Crippen molar-refractivity contribution < 1.29 is 14.3 Å². The van der Waals surface area contributed by atoms with Gasteiger partial charge in [0.2, 0.25) is 0 Å². The first-order chi connectivity index (χ1) is 13.5. The lowest BCUT2D eigenvalue weighted by molar-refractivity contribution is -0.138. The Morgan fingerprint density at radius 3 is 2.71 bits per heavy atom. The molecular formula is C22H25ClN2O3. The monoisotopic (exact) mass is 400 g/mol. The summed E-state index contributed by atoms with van der Waals surface area (Å²) in [6.45, 7) is 1.05. The van der Waals surface area contributed by atoms with E-state index in [0.717, 1.165) is 31.4 Å². The van der Waals surface area contributed by atoms with E-state index in [2.05, 4.69) is 0 Å². The SMILES string of the molecule is Cn1cccc1C(=O)N1CCCCC1CCOC(=O)/C=C/c1ccc(Cl)cc1. The molecule has 148 valence electrons. The van der Waals surface area contributed by atoms with Crippen LogP contribution in [0.25, 0.3) is 6.08 Å². The summed E-state index contributed by atoms with van der Waals surface area (Å²) in [5.41, 5.74) is 1.57. The highest BCUT2D eigenvalue weighted by molar-refractivity contribution is 6.30. The van der Waals surface area contributed by atoms with Gasteiger partial charge in [-0.25, -0.2) is 4.79 Å². The summed E-state index contributed by atoms with van der Waals surface area (Å²) in [6.07, 6.45) is 8.68. The molecule has 3 rings (SSSR count). The molecule has 2 aromatic rings. The fourth-order valence-corrected chi connectivity index (χ4v) is 3.61. The predicted octanol–water partition coefficient (Wildman–Crippen LogP) is 4.32. The van der Waals surface area contributed by atoms with E-state index in [-0.39, 0.29) is 17.9 Å². The van der Waals surface area contributed by atoms with Crippen molar-refractivity contribution in [3.05, 3.63) is 65.0 Å². The Kier molecular flexibility index (Phi) is 6.93. The van der Waals surface area contributed by atoms with Crippen molar-refractivity contribution >= 4 is 29.6 Å². The molecule has 0 aliphatic carbocycles. The number of hydrogen-bond donors (Lipinski definition) is 0. The summed E-state index contributed by atoms with van der Waals surface area (Å²) in [4.78, 5) is 26.7. The van der Waals surface area contributed by atoms with E-state index in [0.29, 0.717) is 23.7 Å². The smallest absolute Gasteiger partial charge is 0.330 e. The first-order valence-electron chi connectivity index (χ1n) is 9.57. The largest absolute Gasteiger partial charge is 0.462 e. The predicted molar refractivity (Wildman–Crippen MR) is 110 cm³/mol. The molecule has 1 aliphatic rings. The Morgan fingerprint density at radius 2 is 2.00 bits per heavy atom. The molecule has 1 aromatic carbocycles. The summed E-state index contributed by atoms with van der Waals surface area (Å²) >= 11 is 5.85. The fourth-order valence-electron chi connectivity index (χ4n) is 3.48. The summed E-state index contributed by atoms with van der Waals surface area (Å²) < 4.78 is 7.18. The molecule has 28 heavy (non-hydrogen) atoms. The number of ether oxygens (including phenoxy) is 1. The van der Waals surface area contributed by atoms with Gasteiger partial charge in [-0.3, -0.25) is 4.79 Å². The number of aromatic nitrogens is 1. The zero-order valence-electron chi connectivity index (χ0n) is 16.0. The summed E-state index contributed by atoms with van der Waals surface area (Å²) in [6, 6.07) is 11.0. The maximum absolute atomic E-state index is 12.8. The van der Waals surface area contributed by atoms with Gasteiger partial charge in [0.25, 0.3) is 5.91 Å². The second-order valence-electron chi connectivity index (χ2n) is 6.99. The number of rotatable bonds is 6. The Labute approximate surface area is 170 Å². The lowest BCUT2D eigenvalue weighted by Gasteiger charge is -2.35. The number of esters is 1. The second kappa shape index (κ2) is 9.60. The van der Waals surface area contributed by atoms with E-state index < -0.39 is 0 Å². The third-order valence-corrected chi connectivity index (χ3v) is 5.28. The molecule has 1 fully saturated rings. The Hall–Kier alpha value is -2.53. The van der Waals surface area contributed by atoms with Crippen LogP contribution in [0.1, 0.15) is 41.7 Å². The maximum Gasteiger partial charge on any atom is 0.330 e. The number of likely N-dealkylation sites (tertiary alicyclic amines) is 1.